The lowest BCUT2D eigenvalue weighted by atomic mass is 9.98. The Bertz CT molecular complexity index is 1220. The minimum absolute atomic E-state index is 0.0466. The second kappa shape index (κ2) is 12.0. The summed E-state index contributed by atoms with van der Waals surface area (Å²) in [6.45, 7) is 9.72. The van der Waals surface area contributed by atoms with E-state index in [1.165, 1.54) is 0 Å². The summed E-state index contributed by atoms with van der Waals surface area (Å²) < 4.78 is 7.06. The molecule has 1 aromatic heterocycles. The van der Waals surface area contributed by atoms with Crippen LogP contribution >= 0.6 is 11.6 Å². The van der Waals surface area contributed by atoms with Crippen LogP contribution in [0.1, 0.15) is 38.8 Å². The molecule has 4 rings (SSSR count). The normalized spacial score (nSPS) is 15.5. The zero-order chi connectivity index (χ0) is 26.4. The van der Waals surface area contributed by atoms with Crippen LogP contribution in [0.5, 0.6) is 0 Å². The van der Waals surface area contributed by atoms with E-state index in [1.54, 1.807) is 15.6 Å². The molecule has 2 heterocycles. The molecule has 1 aliphatic rings. The van der Waals surface area contributed by atoms with E-state index in [4.69, 9.17) is 16.3 Å². The molecule has 3 aromatic rings. The molecule has 37 heavy (non-hydrogen) atoms. The first kappa shape index (κ1) is 27.0. The number of fused-ring (bicyclic) bond motifs is 1. The molecule has 1 atom stereocenters. The van der Waals surface area contributed by atoms with Gasteiger partial charge in [-0.2, -0.15) is 0 Å². The molecule has 198 valence electrons. The molecule has 2 aromatic carbocycles. The monoisotopic (exact) mass is 526 g/mol. The topological polar surface area (TPSA) is 92.6 Å². The fourth-order valence-electron chi connectivity index (χ4n) is 4.36. The molecule has 9 nitrogen and oxygen atoms in total. The highest BCUT2D eigenvalue weighted by Crippen LogP contribution is 2.29. The Hall–Kier alpha value is -3.01. The minimum Gasteiger partial charge on any atom is -0.379 e. The van der Waals surface area contributed by atoms with Crippen molar-refractivity contribution in [3.8, 4) is 0 Å². The van der Waals surface area contributed by atoms with Crippen LogP contribution in [0.2, 0.25) is 5.02 Å². The summed E-state index contributed by atoms with van der Waals surface area (Å²) in [4.78, 5) is 31.7. The number of morpholine rings is 1. The summed E-state index contributed by atoms with van der Waals surface area (Å²) in [5.74, 6) is -0.503. The third-order valence-electron chi connectivity index (χ3n) is 6.89. The van der Waals surface area contributed by atoms with Crippen LogP contribution in [-0.2, 0) is 20.9 Å². The van der Waals surface area contributed by atoms with Gasteiger partial charge in [0.05, 0.1) is 18.7 Å². The average molecular weight is 527 g/mol. The van der Waals surface area contributed by atoms with Gasteiger partial charge in [-0.1, -0.05) is 54.1 Å². The molecule has 2 amide bonds. The molecule has 0 aliphatic carbocycles. The van der Waals surface area contributed by atoms with Crippen LogP contribution in [0.15, 0.2) is 48.5 Å². The lowest BCUT2D eigenvalue weighted by molar-refractivity contribution is -0.142. The van der Waals surface area contributed by atoms with Gasteiger partial charge in [0.1, 0.15) is 18.1 Å². The van der Waals surface area contributed by atoms with E-state index >= 15 is 0 Å². The Labute approximate surface area is 222 Å². The molecule has 0 radical (unpaired) electrons. The number of nitrogens with zero attached hydrogens (tertiary/aromatic N) is 5. The highest BCUT2D eigenvalue weighted by Gasteiger charge is 2.35. The zero-order valence-electron chi connectivity index (χ0n) is 21.7. The molecule has 0 saturated carbocycles. The van der Waals surface area contributed by atoms with E-state index in [1.807, 2.05) is 63.2 Å². The highest BCUT2D eigenvalue weighted by atomic mass is 35.5. The van der Waals surface area contributed by atoms with E-state index in [0.29, 0.717) is 42.4 Å². The number of carbonyl (C=O) groups is 2. The Morgan fingerprint density at radius 3 is 2.57 bits per heavy atom. The van der Waals surface area contributed by atoms with E-state index < -0.39 is 11.6 Å². The van der Waals surface area contributed by atoms with Gasteiger partial charge in [-0.15, -0.1) is 5.10 Å². The summed E-state index contributed by atoms with van der Waals surface area (Å²) in [7, 11) is 0. The molecule has 0 unspecified atom stereocenters. The van der Waals surface area contributed by atoms with E-state index in [9.17, 15) is 9.59 Å². The van der Waals surface area contributed by atoms with Gasteiger partial charge in [0.15, 0.2) is 0 Å². The summed E-state index contributed by atoms with van der Waals surface area (Å²) in [5.41, 5.74) is 1.61. The SMILES string of the molecule is CCC(C)(C)NC(=O)[C@@H](c1ccccc1Cl)N(CCN1CCOCC1)C(=O)Cn1nnc2ccccc21. The van der Waals surface area contributed by atoms with Gasteiger partial charge in [-0.05, 0) is 38.5 Å². The molecule has 0 spiro atoms. The number of carbonyl (C=O) groups excluding carboxylic acids is 2. The summed E-state index contributed by atoms with van der Waals surface area (Å²) in [6.07, 6.45) is 0.737. The van der Waals surface area contributed by atoms with Crippen molar-refractivity contribution in [3.63, 3.8) is 0 Å². The predicted molar refractivity (Wildman–Crippen MR) is 143 cm³/mol. The standard InChI is InChI=1S/C27H35ClN6O3/c1-4-27(2,3)29-26(36)25(20-9-5-6-10-21(20)28)33(14-13-32-15-17-37-18-16-32)24(35)19-34-23-12-8-7-11-22(23)30-31-34/h5-12,25H,4,13-19H2,1-3H3,(H,29,36)/t25-/m1/s1. The molecular weight excluding hydrogens is 492 g/mol. The smallest absolute Gasteiger partial charge is 0.247 e. The Morgan fingerprint density at radius 2 is 1.84 bits per heavy atom. The number of halogens is 1. The number of nitrogens with one attached hydrogen (secondary N) is 1. The second-order valence-corrected chi connectivity index (χ2v) is 10.3. The van der Waals surface area contributed by atoms with Crippen LogP contribution in [0.4, 0.5) is 0 Å². The van der Waals surface area contributed by atoms with E-state index in [0.717, 1.165) is 25.0 Å². The van der Waals surface area contributed by atoms with Gasteiger partial charge in [0.25, 0.3) is 0 Å². The first-order valence-electron chi connectivity index (χ1n) is 12.7. The first-order chi connectivity index (χ1) is 17.8. The van der Waals surface area contributed by atoms with Crippen LogP contribution in [0.3, 0.4) is 0 Å². The number of amides is 2. The Morgan fingerprint density at radius 1 is 1.14 bits per heavy atom. The largest absolute Gasteiger partial charge is 0.379 e. The zero-order valence-corrected chi connectivity index (χ0v) is 22.4. The van der Waals surface area contributed by atoms with Crippen molar-refractivity contribution in [2.24, 2.45) is 0 Å². The van der Waals surface area contributed by atoms with Gasteiger partial charge in [-0.25, -0.2) is 4.68 Å². The van der Waals surface area contributed by atoms with Crippen molar-refractivity contribution in [1.29, 1.82) is 0 Å². The number of aromatic nitrogens is 3. The molecule has 0 bridgehead atoms. The van der Waals surface area contributed by atoms with E-state index in [-0.39, 0.29) is 18.4 Å². The Balaban J connectivity index is 1.69. The number of para-hydroxylation sites is 1. The maximum absolute atomic E-state index is 14.0. The minimum atomic E-state index is -0.900. The average Bonchev–Trinajstić information content (AvgIpc) is 3.30. The van der Waals surface area contributed by atoms with Crippen molar-refractivity contribution in [2.45, 2.75) is 45.3 Å². The number of hydrogen-bond acceptors (Lipinski definition) is 6. The fraction of sp³-hybridized carbons (Fsp3) is 0.481. The molecule has 10 heteroatoms. The third-order valence-corrected chi connectivity index (χ3v) is 7.24. The van der Waals surface area contributed by atoms with Crippen LogP contribution in [0, 0.1) is 0 Å². The highest BCUT2D eigenvalue weighted by molar-refractivity contribution is 6.31. The van der Waals surface area contributed by atoms with Crippen molar-refractivity contribution in [2.75, 3.05) is 39.4 Å². The molecule has 1 saturated heterocycles. The van der Waals surface area contributed by atoms with Gasteiger partial charge < -0.3 is 15.0 Å². The van der Waals surface area contributed by atoms with Gasteiger partial charge in [0.2, 0.25) is 11.8 Å². The van der Waals surface area contributed by atoms with Crippen LogP contribution in [0.25, 0.3) is 11.0 Å². The number of hydrogen-bond donors (Lipinski definition) is 1. The lowest BCUT2D eigenvalue weighted by Crippen LogP contribution is -2.52. The third kappa shape index (κ3) is 6.66. The number of rotatable bonds is 10. The molecule has 1 aliphatic heterocycles. The van der Waals surface area contributed by atoms with Gasteiger partial charge >= 0.3 is 0 Å². The quantitative estimate of drug-likeness (QED) is 0.436. The summed E-state index contributed by atoms with van der Waals surface area (Å²) in [5, 5.41) is 12.0. The second-order valence-electron chi connectivity index (χ2n) is 9.93. The Kier molecular flexibility index (Phi) is 8.79. The maximum Gasteiger partial charge on any atom is 0.247 e. The number of benzene rings is 2. The van der Waals surface area contributed by atoms with E-state index in [2.05, 4.69) is 20.5 Å². The van der Waals surface area contributed by atoms with Gasteiger partial charge in [-0.3, -0.25) is 14.5 Å². The van der Waals surface area contributed by atoms with Crippen LogP contribution in [-0.4, -0.2) is 81.5 Å². The van der Waals surface area contributed by atoms with Crippen molar-refractivity contribution in [1.82, 2.24) is 30.1 Å². The number of ether oxygens (including phenoxy) is 1. The van der Waals surface area contributed by atoms with Crippen molar-refractivity contribution in [3.05, 3.63) is 59.1 Å². The van der Waals surface area contributed by atoms with Gasteiger partial charge in [0, 0.05) is 42.3 Å². The molecule has 1 N–H and O–H groups in total. The summed E-state index contributed by atoms with van der Waals surface area (Å²) >= 11 is 6.61. The predicted octanol–water partition coefficient (Wildman–Crippen LogP) is 3.29. The lowest BCUT2D eigenvalue weighted by Gasteiger charge is -2.36. The van der Waals surface area contributed by atoms with Crippen LogP contribution < -0.4 is 5.32 Å². The first-order valence-corrected chi connectivity index (χ1v) is 13.1. The molecular formula is C27H35ClN6O3. The van der Waals surface area contributed by atoms with Crippen molar-refractivity contribution >= 4 is 34.4 Å². The summed E-state index contributed by atoms with van der Waals surface area (Å²) in [6, 6.07) is 13.8. The fourth-order valence-corrected chi connectivity index (χ4v) is 4.60. The van der Waals surface area contributed by atoms with Crippen molar-refractivity contribution < 1.29 is 14.3 Å². The maximum atomic E-state index is 14.0. The molecule has 1 fully saturated rings.